The van der Waals surface area contributed by atoms with Crippen LogP contribution in [0.2, 0.25) is 0 Å². The van der Waals surface area contributed by atoms with E-state index in [1.807, 2.05) is 58.0 Å². The van der Waals surface area contributed by atoms with E-state index in [0.717, 1.165) is 21.9 Å². The van der Waals surface area contributed by atoms with Crippen LogP contribution in [-0.4, -0.2) is 16.2 Å². The molecule has 1 aliphatic heterocycles. The quantitative estimate of drug-likeness (QED) is 0.190. The molecule has 47 heavy (non-hydrogen) atoms. The summed E-state index contributed by atoms with van der Waals surface area (Å²) in [5.41, 5.74) is 3.80. The molecule has 0 bridgehead atoms. The second-order valence-corrected chi connectivity index (χ2v) is 12.8. The first kappa shape index (κ1) is 23.8. The van der Waals surface area contributed by atoms with Gasteiger partial charge in [-0.25, -0.2) is 4.98 Å². The van der Waals surface area contributed by atoms with E-state index in [1.54, 1.807) is 47.5 Å². The molecular formula is C41H34F2N4. The Kier molecular flexibility index (Phi) is 5.47. The molecule has 2 aromatic heterocycles. The number of benzene rings is 5. The Bertz CT molecular complexity index is 2530. The Morgan fingerprint density at radius 2 is 1.32 bits per heavy atom. The van der Waals surface area contributed by atoms with E-state index < -0.39 is 24.0 Å². The van der Waals surface area contributed by atoms with Crippen LogP contribution in [-0.2, 0) is 11.3 Å². The van der Waals surface area contributed by atoms with Gasteiger partial charge in [0.25, 0.3) is 5.92 Å². The molecule has 5 aromatic carbocycles. The van der Waals surface area contributed by atoms with Gasteiger partial charge in [0.15, 0.2) is 0 Å². The van der Waals surface area contributed by atoms with Gasteiger partial charge in [0.05, 0.1) is 29.3 Å². The van der Waals surface area contributed by atoms with Crippen molar-refractivity contribution in [1.82, 2.24) is 9.55 Å². The van der Waals surface area contributed by atoms with E-state index in [9.17, 15) is 0 Å². The Morgan fingerprint density at radius 3 is 2.09 bits per heavy atom. The highest BCUT2D eigenvalue weighted by atomic mass is 19.3. The summed E-state index contributed by atoms with van der Waals surface area (Å²) in [4.78, 5) is 8.13. The summed E-state index contributed by atoms with van der Waals surface area (Å²) in [5.74, 6) is -2.74. The zero-order valence-corrected chi connectivity index (χ0v) is 26.1. The number of para-hydroxylation sites is 4. The fourth-order valence-corrected chi connectivity index (χ4v) is 6.46. The van der Waals surface area contributed by atoms with Gasteiger partial charge in [0.1, 0.15) is 12.5 Å². The van der Waals surface area contributed by atoms with E-state index in [-0.39, 0.29) is 41.0 Å². The number of halogens is 2. The van der Waals surface area contributed by atoms with Gasteiger partial charge in [-0.05, 0) is 71.6 Å². The maximum Gasteiger partial charge on any atom is 0.298 e. The van der Waals surface area contributed by atoms with Gasteiger partial charge in [-0.15, -0.1) is 0 Å². The van der Waals surface area contributed by atoms with Crippen molar-refractivity contribution in [3.8, 4) is 5.82 Å². The van der Waals surface area contributed by atoms with Crippen LogP contribution in [0.25, 0.3) is 27.6 Å². The lowest BCUT2D eigenvalue weighted by molar-refractivity contribution is 0.0430. The molecule has 0 saturated heterocycles. The van der Waals surface area contributed by atoms with Crippen molar-refractivity contribution in [2.75, 3.05) is 16.5 Å². The van der Waals surface area contributed by atoms with E-state index in [4.69, 9.17) is 6.85 Å². The van der Waals surface area contributed by atoms with Crippen LogP contribution >= 0.6 is 0 Å². The molecule has 0 fully saturated rings. The maximum atomic E-state index is 16.8. The minimum Gasteiger partial charge on any atom is -0.321 e. The van der Waals surface area contributed by atoms with Crippen LogP contribution < -0.4 is 9.80 Å². The number of aromatic nitrogens is 2. The zero-order chi connectivity index (χ0) is 36.7. The predicted molar refractivity (Wildman–Crippen MR) is 189 cm³/mol. The summed E-state index contributed by atoms with van der Waals surface area (Å²) in [7, 11) is 0. The van der Waals surface area contributed by atoms with Gasteiger partial charge in [-0.3, -0.25) is 4.57 Å². The lowest BCUT2D eigenvalue weighted by atomic mass is 9.88. The van der Waals surface area contributed by atoms with Crippen molar-refractivity contribution < 1.29 is 15.6 Å². The molecule has 0 spiro atoms. The molecule has 232 valence electrons. The number of nitrogens with zero attached hydrogens (tertiary/aromatic N) is 4. The Labute approximate surface area is 280 Å². The largest absolute Gasteiger partial charge is 0.321 e. The summed E-state index contributed by atoms with van der Waals surface area (Å²) >= 11 is 0. The van der Waals surface area contributed by atoms with Gasteiger partial charge in [0.2, 0.25) is 0 Å². The van der Waals surface area contributed by atoms with E-state index in [0.29, 0.717) is 28.4 Å². The first-order valence-corrected chi connectivity index (χ1v) is 15.5. The molecule has 7 aromatic rings. The Hall–Kier alpha value is -5.49. The normalized spacial score (nSPS) is 15.0. The predicted octanol–water partition coefficient (Wildman–Crippen LogP) is 10.9. The molecule has 0 amide bonds. The topological polar surface area (TPSA) is 24.3 Å². The van der Waals surface area contributed by atoms with Crippen molar-refractivity contribution in [3.05, 3.63) is 156 Å². The summed E-state index contributed by atoms with van der Waals surface area (Å²) < 4.78 is 77.2. The third kappa shape index (κ3) is 4.83. The van der Waals surface area contributed by atoms with Gasteiger partial charge in [0, 0.05) is 39.5 Å². The number of rotatable bonds is 5. The third-order valence-corrected chi connectivity index (χ3v) is 8.90. The lowest BCUT2D eigenvalue weighted by Gasteiger charge is -2.24. The molecule has 4 nitrogen and oxygen atoms in total. The molecule has 0 aliphatic carbocycles. The molecule has 6 heteroatoms. The highest BCUT2D eigenvalue weighted by Crippen LogP contribution is 2.46. The Balaban J connectivity index is 1.22. The van der Waals surface area contributed by atoms with Crippen LogP contribution in [0, 0.1) is 0 Å². The van der Waals surface area contributed by atoms with E-state index in [2.05, 4.69) is 25.8 Å². The third-order valence-electron chi connectivity index (χ3n) is 8.90. The standard InChI is InChI=1S/C41H34F2N4/c1-40(2,3)28-22-23-44-39(26-28)47-35-17-8-7-16-33(35)34-21-20-30(25-38(34)47)41(42,43)29-12-11-15-32(24-29)46-27-45(31-13-5-4-6-14-31)36-18-9-10-19-37(36)46/h4-26H,27H2,1-3H3/i4D,5D,6D,13D,14D. The molecule has 0 unspecified atom stereocenters. The van der Waals surface area contributed by atoms with Crippen molar-refractivity contribution in [2.45, 2.75) is 32.1 Å². The van der Waals surface area contributed by atoms with Gasteiger partial charge in [-0.1, -0.05) is 93.5 Å². The van der Waals surface area contributed by atoms with Gasteiger partial charge < -0.3 is 9.80 Å². The molecule has 1 aliphatic rings. The molecule has 0 radical (unpaired) electrons. The average molecular weight is 626 g/mol. The van der Waals surface area contributed by atoms with Crippen molar-refractivity contribution in [2.24, 2.45) is 0 Å². The second kappa shape index (κ2) is 10.8. The van der Waals surface area contributed by atoms with Crippen LogP contribution in [0.5, 0.6) is 0 Å². The van der Waals surface area contributed by atoms with Crippen LogP contribution in [0.15, 0.2) is 140 Å². The minimum atomic E-state index is -3.39. The summed E-state index contributed by atoms with van der Waals surface area (Å²) in [6.45, 7) is 6.42. The number of hydrogen-bond acceptors (Lipinski definition) is 3. The summed E-state index contributed by atoms with van der Waals surface area (Å²) in [6, 6.07) is 28.0. The maximum absolute atomic E-state index is 16.8. The second-order valence-electron chi connectivity index (χ2n) is 12.8. The van der Waals surface area contributed by atoms with Crippen LogP contribution in [0.4, 0.5) is 31.5 Å². The van der Waals surface area contributed by atoms with Gasteiger partial charge in [-0.2, -0.15) is 8.78 Å². The smallest absolute Gasteiger partial charge is 0.298 e. The van der Waals surface area contributed by atoms with Crippen molar-refractivity contribution in [1.29, 1.82) is 0 Å². The summed E-state index contributed by atoms with van der Waals surface area (Å²) in [6.07, 6.45) is 1.76. The molecule has 3 heterocycles. The van der Waals surface area contributed by atoms with Crippen LogP contribution in [0.3, 0.4) is 0 Å². The average Bonchev–Trinajstić information content (AvgIpc) is 3.69. The zero-order valence-electron chi connectivity index (χ0n) is 31.1. The summed E-state index contributed by atoms with van der Waals surface area (Å²) in [5, 5.41) is 1.78. The highest BCUT2D eigenvalue weighted by Gasteiger charge is 2.36. The molecule has 0 atom stereocenters. The fourth-order valence-electron chi connectivity index (χ4n) is 6.46. The molecular weight excluding hydrogens is 586 g/mol. The number of hydrogen-bond donors (Lipinski definition) is 0. The monoisotopic (exact) mass is 625 g/mol. The first-order valence-electron chi connectivity index (χ1n) is 18.0. The van der Waals surface area contributed by atoms with Gasteiger partial charge >= 0.3 is 0 Å². The molecule has 8 rings (SSSR count). The van der Waals surface area contributed by atoms with Crippen molar-refractivity contribution >= 4 is 44.6 Å². The van der Waals surface area contributed by atoms with E-state index in [1.165, 1.54) is 18.2 Å². The minimum absolute atomic E-state index is 0.0219. The number of pyridine rings is 1. The molecule has 0 saturated carbocycles. The fraction of sp³-hybridized carbons (Fsp3) is 0.146. The number of fused-ring (bicyclic) bond motifs is 4. The number of anilines is 4. The van der Waals surface area contributed by atoms with Crippen LogP contribution in [0.1, 0.15) is 44.3 Å². The van der Waals surface area contributed by atoms with E-state index >= 15 is 8.78 Å². The van der Waals surface area contributed by atoms with Crippen molar-refractivity contribution in [3.63, 3.8) is 0 Å². The first-order chi connectivity index (χ1) is 24.8. The molecule has 0 N–H and O–H groups in total. The highest BCUT2D eigenvalue weighted by molar-refractivity contribution is 6.09. The SMILES string of the molecule is [2H]c1c([2H])c([2H])c(N2CN(c3cccc(C(F)(F)c4ccc5c6ccccc6n(-c6cc(C(C)(C)C)ccn6)c5c4)c3)c3ccccc32)c([2H])c1[2H]. The number of alkyl halides is 2. The lowest BCUT2D eigenvalue weighted by Crippen LogP contribution is -2.24. The Morgan fingerprint density at radius 1 is 0.638 bits per heavy atom.